The number of hydrogen-bond acceptors (Lipinski definition) is 5. The summed E-state index contributed by atoms with van der Waals surface area (Å²) < 4.78 is 5.45. The van der Waals surface area contributed by atoms with E-state index in [-0.39, 0.29) is 12.5 Å². The minimum atomic E-state index is -0.545. The highest BCUT2D eigenvalue weighted by Gasteiger charge is 2.23. The van der Waals surface area contributed by atoms with Crippen molar-refractivity contribution in [1.82, 2.24) is 0 Å². The van der Waals surface area contributed by atoms with Crippen LogP contribution in [0, 0.1) is 0 Å². The first-order valence-electron chi connectivity index (χ1n) is 7.68. The molecular weight excluding hydrogens is 326 g/mol. The van der Waals surface area contributed by atoms with Gasteiger partial charge in [0.05, 0.1) is 24.9 Å². The van der Waals surface area contributed by atoms with E-state index in [9.17, 15) is 9.59 Å². The number of rotatable bonds is 5. The molecule has 2 heterocycles. The highest BCUT2D eigenvalue weighted by Crippen LogP contribution is 2.36. The van der Waals surface area contributed by atoms with Gasteiger partial charge in [-0.3, -0.25) is 9.59 Å². The van der Waals surface area contributed by atoms with Gasteiger partial charge in [0.15, 0.2) is 0 Å². The highest BCUT2D eigenvalue weighted by atomic mass is 32.1. The van der Waals surface area contributed by atoms with Gasteiger partial charge >= 0.3 is 0 Å². The molecule has 3 N–H and O–H groups in total. The van der Waals surface area contributed by atoms with E-state index in [0.717, 1.165) is 30.8 Å². The summed E-state index contributed by atoms with van der Waals surface area (Å²) >= 11 is 1.29. The number of methoxy groups -OCH3 is 1. The zero-order valence-electron chi connectivity index (χ0n) is 13.4. The van der Waals surface area contributed by atoms with Crippen molar-refractivity contribution < 1.29 is 14.3 Å². The Bertz CT molecular complexity index is 758. The van der Waals surface area contributed by atoms with E-state index in [2.05, 4.69) is 11.4 Å². The molecule has 1 aromatic carbocycles. The summed E-state index contributed by atoms with van der Waals surface area (Å²) in [7, 11) is 1.63. The van der Waals surface area contributed by atoms with Gasteiger partial charge in [0.1, 0.15) is 10.8 Å². The van der Waals surface area contributed by atoms with Crippen LogP contribution in [0.15, 0.2) is 29.6 Å². The molecule has 1 aliphatic heterocycles. The van der Waals surface area contributed by atoms with E-state index < -0.39 is 5.91 Å². The number of benzene rings is 1. The van der Waals surface area contributed by atoms with Crippen LogP contribution in [0.1, 0.15) is 22.3 Å². The van der Waals surface area contributed by atoms with Gasteiger partial charge in [-0.25, -0.2) is 0 Å². The van der Waals surface area contributed by atoms with Crippen molar-refractivity contribution in [1.29, 1.82) is 0 Å². The second-order valence-corrected chi connectivity index (χ2v) is 6.49. The number of amides is 2. The lowest BCUT2D eigenvalue weighted by Gasteiger charge is -2.32. The zero-order chi connectivity index (χ0) is 17.1. The van der Waals surface area contributed by atoms with Gasteiger partial charge in [0.2, 0.25) is 5.91 Å². The number of fused-ring (bicyclic) bond motifs is 1. The van der Waals surface area contributed by atoms with Gasteiger partial charge in [-0.05, 0) is 35.9 Å². The molecule has 0 fully saturated rings. The molecule has 0 atom stereocenters. The smallest absolute Gasteiger partial charge is 0.251 e. The molecule has 2 amide bonds. The SMILES string of the molecule is COc1cccc2c1N(CC(=O)Nc1sccc1C(N)=O)CCC2. The lowest BCUT2D eigenvalue weighted by Crippen LogP contribution is -2.37. The predicted octanol–water partition coefficient (Wildman–Crippen LogP) is 2.25. The van der Waals surface area contributed by atoms with Crippen molar-refractivity contribution in [3.05, 3.63) is 40.8 Å². The molecule has 0 unspecified atom stereocenters. The van der Waals surface area contributed by atoms with Crippen LogP contribution in [0.5, 0.6) is 5.75 Å². The topological polar surface area (TPSA) is 84.7 Å². The predicted molar refractivity (Wildman–Crippen MR) is 95.0 cm³/mol. The molecule has 24 heavy (non-hydrogen) atoms. The molecule has 0 radical (unpaired) electrons. The first-order valence-corrected chi connectivity index (χ1v) is 8.56. The number of nitrogens with two attached hydrogens (primary N) is 1. The van der Waals surface area contributed by atoms with Crippen molar-refractivity contribution in [2.24, 2.45) is 5.73 Å². The van der Waals surface area contributed by atoms with E-state index in [1.807, 2.05) is 17.0 Å². The molecule has 1 aliphatic rings. The average molecular weight is 345 g/mol. The zero-order valence-corrected chi connectivity index (χ0v) is 14.2. The molecule has 0 saturated carbocycles. The van der Waals surface area contributed by atoms with Gasteiger partial charge in [-0.15, -0.1) is 11.3 Å². The second kappa shape index (κ2) is 6.92. The highest BCUT2D eigenvalue weighted by molar-refractivity contribution is 7.14. The molecular formula is C17H19N3O3S. The maximum absolute atomic E-state index is 12.4. The van der Waals surface area contributed by atoms with Crippen LogP contribution in [0.2, 0.25) is 0 Å². The van der Waals surface area contributed by atoms with Gasteiger partial charge in [0.25, 0.3) is 5.91 Å². The summed E-state index contributed by atoms with van der Waals surface area (Å²) in [5.74, 6) is 0.0455. The van der Waals surface area contributed by atoms with E-state index >= 15 is 0 Å². The number of carbonyl (C=O) groups is 2. The molecule has 6 nitrogen and oxygen atoms in total. The van der Waals surface area contributed by atoms with Gasteiger partial charge in [-0.2, -0.15) is 0 Å². The molecule has 126 valence electrons. The number of nitrogens with one attached hydrogen (secondary N) is 1. The van der Waals surface area contributed by atoms with Crippen LogP contribution in [-0.4, -0.2) is 32.0 Å². The lowest BCUT2D eigenvalue weighted by atomic mass is 10.0. The van der Waals surface area contributed by atoms with Gasteiger partial charge in [-0.1, -0.05) is 12.1 Å². The Balaban J connectivity index is 1.77. The Kier molecular flexibility index (Phi) is 4.71. The lowest BCUT2D eigenvalue weighted by molar-refractivity contribution is -0.115. The third-order valence-corrected chi connectivity index (χ3v) is 4.84. The Morgan fingerprint density at radius 2 is 2.21 bits per heavy atom. The fraction of sp³-hybridized carbons (Fsp3) is 0.294. The van der Waals surface area contributed by atoms with Crippen LogP contribution in [0.4, 0.5) is 10.7 Å². The second-order valence-electron chi connectivity index (χ2n) is 5.57. The largest absolute Gasteiger partial charge is 0.495 e. The Hall–Kier alpha value is -2.54. The summed E-state index contributed by atoms with van der Waals surface area (Å²) in [6.45, 7) is 0.984. The normalized spacial score (nSPS) is 13.3. The van der Waals surface area contributed by atoms with Gasteiger partial charge < -0.3 is 20.7 Å². The maximum Gasteiger partial charge on any atom is 0.251 e. The number of ether oxygens (including phenoxy) is 1. The quantitative estimate of drug-likeness (QED) is 0.870. The van der Waals surface area contributed by atoms with Crippen molar-refractivity contribution >= 4 is 33.8 Å². The van der Waals surface area contributed by atoms with Crippen molar-refractivity contribution in [2.75, 3.05) is 30.4 Å². The van der Waals surface area contributed by atoms with Crippen molar-refractivity contribution in [2.45, 2.75) is 12.8 Å². The van der Waals surface area contributed by atoms with Crippen molar-refractivity contribution in [3.8, 4) is 5.75 Å². The third-order valence-electron chi connectivity index (χ3n) is 4.01. The van der Waals surface area contributed by atoms with Crippen LogP contribution >= 0.6 is 11.3 Å². The molecule has 1 aromatic heterocycles. The molecule has 3 rings (SSSR count). The summed E-state index contributed by atoms with van der Waals surface area (Å²) in [6.07, 6.45) is 1.96. The van der Waals surface area contributed by atoms with Crippen LogP contribution < -0.4 is 20.7 Å². The number of nitrogens with zero attached hydrogens (tertiary/aromatic N) is 1. The molecule has 0 aliphatic carbocycles. The molecule has 7 heteroatoms. The Morgan fingerprint density at radius 1 is 1.38 bits per heavy atom. The van der Waals surface area contributed by atoms with E-state index in [1.165, 1.54) is 16.9 Å². The summed E-state index contributed by atoms with van der Waals surface area (Å²) in [5, 5.41) is 5.01. The first-order chi connectivity index (χ1) is 11.6. The molecule has 0 bridgehead atoms. The minimum absolute atomic E-state index is 0.182. The minimum Gasteiger partial charge on any atom is -0.495 e. The Labute approximate surface area is 144 Å². The van der Waals surface area contributed by atoms with E-state index in [4.69, 9.17) is 10.5 Å². The molecule has 0 spiro atoms. The molecule has 2 aromatic rings. The van der Waals surface area contributed by atoms with Crippen LogP contribution in [0.25, 0.3) is 0 Å². The molecule has 0 saturated heterocycles. The number of thiophene rings is 1. The van der Waals surface area contributed by atoms with E-state index in [0.29, 0.717) is 10.6 Å². The van der Waals surface area contributed by atoms with E-state index in [1.54, 1.807) is 18.6 Å². The van der Waals surface area contributed by atoms with Crippen LogP contribution in [-0.2, 0) is 11.2 Å². The first kappa shape index (κ1) is 16.3. The third kappa shape index (κ3) is 3.21. The Morgan fingerprint density at radius 3 is 2.96 bits per heavy atom. The number of hydrogen-bond donors (Lipinski definition) is 2. The average Bonchev–Trinajstić information content (AvgIpc) is 3.02. The number of carbonyl (C=O) groups excluding carboxylic acids is 2. The number of para-hydroxylation sites is 1. The fourth-order valence-corrected chi connectivity index (χ4v) is 3.77. The fourth-order valence-electron chi connectivity index (χ4n) is 2.96. The monoisotopic (exact) mass is 345 g/mol. The number of aryl methyl sites for hydroxylation is 1. The number of anilines is 2. The van der Waals surface area contributed by atoms with Crippen molar-refractivity contribution in [3.63, 3.8) is 0 Å². The summed E-state index contributed by atoms with van der Waals surface area (Å²) in [6, 6.07) is 7.54. The summed E-state index contributed by atoms with van der Waals surface area (Å²) in [5.41, 5.74) is 7.80. The van der Waals surface area contributed by atoms with Gasteiger partial charge in [0, 0.05) is 6.54 Å². The number of primary amides is 1. The summed E-state index contributed by atoms with van der Waals surface area (Å²) in [4.78, 5) is 25.8. The van der Waals surface area contributed by atoms with Crippen LogP contribution in [0.3, 0.4) is 0 Å². The standard InChI is InChI=1S/C17H19N3O3S/c1-23-13-6-2-4-11-5-3-8-20(15(11)13)10-14(21)19-17-12(16(18)22)7-9-24-17/h2,4,6-7,9H,3,5,8,10H2,1H3,(H2,18,22)(H,19,21). The maximum atomic E-state index is 12.4.